The first-order chi connectivity index (χ1) is 10.3. The van der Waals surface area contributed by atoms with Crippen LogP contribution in [0.4, 0.5) is 0 Å². The average molecular weight is 303 g/mol. The molecule has 0 spiro atoms. The lowest BCUT2D eigenvalue weighted by atomic mass is 9.70. The summed E-state index contributed by atoms with van der Waals surface area (Å²) in [5, 5.41) is 21.7. The molecule has 22 heavy (non-hydrogen) atoms. The fraction of sp³-hybridized carbons (Fsp3) is 0.471. The normalized spacial score (nSPS) is 23.4. The Kier molecular flexibility index (Phi) is 3.30. The molecule has 3 rings (SSSR count). The van der Waals surface area contributed by atoms with E-state index in [0.29, 0.717) is 23.3 Å². The number of rotatable bonds is 1. The van der Waals surface area contributed by atoms with E-state index in [1.54, 1.807) is 14.2 Å². The SMILES string of the molecule is COc1cccc2c3c(c(=O)n(C)c12)[C@@H](O)[C@H](O)C(C)(C)C3. The van der Waals surface area contributed by atoms with Gasteiger partial charge in [0.25, 0.3) is 5.56 Å². The molecule has 5 heteroatoms. The van der Waals surface area contributed by atoms with Gasteiger partial charge in [0.15, 0.2) is 0 Å². The van der Waals surface area contributed by atoms with Crippen molar-refractivity contribution in [3.63, 3.8) is 0 Å². The fourth-order valence-corrected chi connectivity index (χ4v) is 3.47. The zero-order chi connectivity index (χ0) is 16.2. The van der Waals surface area contributed by atoms with Crippen molar-refractivity contribution in [2.75, 3.05) is 7.11 Å². The van der Waals surface area contributed by atoms with Gasteiger partial charge < -0.3 is 19.5 Å². The van der Waals surface area contributed by atoms with E-state index < -0.39 is 17.6 Å². The number of nitrogens with zero attached hydrogens (tertiary/aromatic N) is 1. The number of fused-ring (bicyclic) bond motifs is 3. The third-order valence-electron chi connectivity index (χ3n) is 4.77. The zero-order valence-electron chi connectivity index (χ0n) is 13.3. The maximum atomic E-state index is 12.7. The summed E-state index contributed by atoms with van der Waals surface area (Å²) in [6.07, 6.45) is -1.61. The van der Waals surface area contributed by atoms with Crippen LogP contribution in [0, 0.1) is 5.41 Å². The van der Waals surface area contributed by atoms with Gasteiger partial charge >= 0.3 is 0 Å². The number of hydrogen-bond acceptors (Lipinski definition) is 4. The molecule has 0 unspecified atom stereocenters. The first-order valence-electron chi connectivity index (χ1n) is 7.34. The van der Waals surface area contributed by atoms with Crippen LogP contribution in [0.5, 0.6) is 5.75 Å². The zero-order valence-corrected chi connectivity index (χ0v) is 13.3. The van der Waals surface area contributed by atoms with Crippen molar-refractivity contribution in [2.24, 2.45) is 12.5 Å². The molecular weight excluding hydrogens is 282 g/mol. The molecule has 1 heterocycles. The van der Waals surface area contributed by atoms with Gasteiger partial charge in [-0.2, -0.15) is 0 Å². The van der Waals surface area contributed by atoms with Crippen LogP contribution in [0.2, 0.25) is 0 Å². The van der Waals surface area contributed by atoms with Gasteiger partial charge in [-0.25, -0.2) is 0 Å². The minimum Gasteiger partial charge on any atom is -0.495 e. The number of methoxy groups -OCH3 is 1. The predicted molar refractivity (Wildman–Crippen MR) is 84.2 cm³/mol. The van der Waals surface area contributed by atoms with Gasteiger partial charge in [0, 0.05) is 12.4 Å². The molecule has 2 N–H and O–H groups in total. The number of aliphatic hydroxyl groups excluding tert-OH is 2. The van der Waals surface area contributed by atoms with Gasteiger partial charge in [-0.15, -0.1) is 0 Å². The van der Waals surface area contributed by atoms with Crippen molar-refractivity contribution in [1.82, 2.24) is 4.57 Å². The Morgan fingerprint density at radius 2 is 2.00 bits per heavy atom. The number of para-hydroxylation sites is 1. The van der Waals surface area contributed by atoms with Gasteiger partial charge in [-0.3, -0.25) is 4.79 Å². The third-order valence-corrected chi connectivity index (χ3v) is 4.77. The molecule has 0 amide bonds. The van der Waals surface area contributed by atoms with Crippen molar-refractivity contribution < 1.29 is 14.9 Å². The highest BCUT2D eigenvalue weighted by Gasteiger charge is 2.42. The Hall–Kier alpha value is -1.85. The maximum Gasteiger partial charge on any atom is 0.257 e. The average Bonchev–Trinajstić information content (AvgIpc) is 2.49. The Balaban J connectivity index is 2.47. The van der Waals surface area contributed by atoms with Gasteiger partial charge in [0.2, 0.25) is 0 Å². The second-order valence-electron chi connectivity index (χ2n) is 6.67. The van der Waals surface area contributed by atoms with E-state index in [9.17, 15) is 15.0 Å². The number of ether oxygens (including phenoxy) is 1. The van der Waals surface area contributed by atoms with Crippen molar-refractivity contribution in [3.05, 3.63) is 39.7 Å². The van der Waals surface area contributed by atoms with E-state index >= 15 is 0 Å². The Bertz CT molecular complexity index is 806. The van der Waals surface area contributed by atoms with E-state index in [4.69, 9.17) is 4.74 Å². The van der Waals surface area contributed by atoms with Crippen LogP contribution in [0.1, 0.15) is 31.1 Å². The van der Waals surface area contributed by atoms with Crippen molar-refractivity contribution in [1.29, 1.82) is 0 Å². The number of hydrogen-bond donors (Lipinski definition) is 2. The van der Waals surface area contributed by atoms with Crippen LogP contribution >= 0.6 is 0 Å². The van der Waals surface area contributed by atoms with E-state index in [2.05, 4.69) is 0 Å². The molecule has 5 nitrogen and oxygen atoms in total. The lowest BCUT2D eigenvalue weighted by molar-refractivity contribution is -0.0631. The first kappa shape index (κ1) is 15.1. The van der Waals surface area contributed by atoms with Gasteiger partial charge in [-0.1, -0.05) is 26.0 Å². The smallest absolute Gasteiger partial charge is 0.257 e. The number of aryl methyl sites for hydroxylation is 1. The Labute approximate surface area is 128 Å². The molecule has 118 valence electrons. The summed E-state index contributed by atoms with van der Waals surface area (Å²) in [6.45, 7) is 3.79. The highest BCUT2D eigenvalue weighted by Crippen LogP contribution is 2.42. The van der Waals surface area contributed by atoms with Gasteiger partial charge in [0.05, 0.1) is 24.3 Å². The van der Waals surface area contributed by atoms with E-state index in [-0.39, 0.29) is 5.56 Å². The molecule has 1 aromatic heterocycles. The summed E-state index contributed by atoms with van der Waals surface area (Å²) >= 11 is 0. The maximum absolute atomic E-state index is 12.7. The predicted octanol–water partition coefficient (Wildman–Crippen LogP) is 1.52. The molecule has 0 bridgehead atoms. The molecule has 0 radical (unpaired) electrons. The summed E-state index contributed by atoms with van der Waals surface area (Å²) in [4.78, 5) is 12.7. The van der Waals surface area contributed by atoms with Gasteiger partial charge in [0.1, 0.15) is 11.9 Å². The highest BCUT2D eigenvalue weighted by molar-refractivity contribution is 5.89. The summed E-state index contributed by atoms with van der Waals surface area (Å²) in [5.41, 5.74) is 1.03. The van der Waals surface area contributed by atoms with Crippen LogP contribution < -0.4 is 10.3 Å². The fourth-order valence-electron chi connectivity index (χ4n) is 3.47. The third kappa shape index (κ3) is 1.89. The molecule has 2 aromatic rings. The van der Waals surface area contributed by atoms with Crippen LogP contribution in [0.15, 0.2) is 23.0 Å². The topological polar surface area (TPSA) is 71.7 Å². The standard InChI is InChI=1S/C17H21NO4/c1-17(2)8-10-9-6-5-7-11(22-4)13(9)18(3)16(21)12(10)14(19)15(17)20/h5-7,14-15,19-20H,8H2,1-4H3/t14-,15+/m1/s1. The molecule has 0 saturated heterocycles. The Morgan fingerprint density at radius 1 is 1.32 bits per heavy atom. The van der Waals surface area contributed by atoms with Crippen LogP contribution in [-0.4, -0.2) is 28.0 Å². The van der Waals surface area contributed by atoms with Crippen LogP contribution in [0.3, 0.4) is 0 Å². The van der Waals surface area contributed by atoms with Crippen LogP contribution in [-0.2, 0) is 13.5 Å². The molecule has 0 fully saturated rings. The largest absolute Gasteiger partial charge is 0.495 e. The lowest BCUT2D eigenvalue weighted by Crippen LogP contribution is -2.44. The summed E-state index contributed by atoms with van der Waals surface area (Å²) in [6, 6.07) is 5.61. The summed E-state index contributed by atoms with van der Waals surface area (Å²) in [5.74, 6) is 0.623. The molecule has 1 aliphatic carbocycles. The Morgan fingerprint density at radius 3 is 2.64 bits per heavy atom. The van der Waals surface area contributed by atoms with Crippen LogP contribution in [0.25, 0.3) is 10.9 Å². The molecule has 2 atom stereocenters. The van der Waals surface area contributed by atoms with E-state index in [1.165, 1.54) is 4.57 Å². The minimum absolute atomic E-state index is 0.283. The van der Waals surface area contributed by atoms with E-state index in [0.717, 1.165) is 10.9 Å². The number of aliphatic hydroxyl groups is 2. The number of benzene rings is 1. The van der Waals surface area contributed by atoms with Crippen molar-refractivity contribution in [3.8, 4) is 5.75 Å². The molecule has 1 aliphatic rings. The van der Waals surface area contributed by atoms with Gasteiger partial charge in [-0.05, 0) is 23.5 Å². The monoisotopic (exact) mass is 303 g/mol. The van der Waals surface area contributed by atoms with E-state index in [1.807, 2.05) is 32.0 Å². The lowest BCUT2D eigenvalue weighted by Gasteiger charge is -2.40. The van der Waals surface area contributed by atoms with Crippen molar-refractivity contribution >= 4 is 10.9 Å². The summed E-state index contributed by atoms with van der Waals surface area (Å²) < 4.78 is 6.87. The second kappa shape index (κ2) is 4.83. The first-order valence-corrected chi connectivity index (χ1v) is 7.34. The highest BCUT2D eigenvalue weighted by atomic mass is 16.5. The number of pyridine rings is 1. The summed E-state index contributed by atoms with van der Waals surface area (Å²) in [7, 11) is 3.23. The number of aromatic nitrogens is 1. The molecule has 1 aromatic carbocycles. The van der Waals surface area contributed by atoms with Crippen molar-refractivity contribution in [2.45, 2.75) is 32.5 Å². The second-order valence-corrected chi connectivity index (χ2v) is 6.67. The molecular formula is C17H21NO4. The molecule has 0 aliphatic heterocycles. The minimum atomic E-state index is -1.17. The quantitative estimate of drug-likeness (QED) is 0.838. The molecule has 0 saturated carbocycles.